The molecule has 0 aliphatic carbocycles. The first-order valence-electron chi connectivity index (χ1n) is 11.2. The molecular weight excluding hydrogens is 544 g/mol. The summed E-state index contributed by atoms with van der Waals surface area (Å²) in [5.74, 6) is -0.584. The summed E-state index contributed by atoms with van der Waals surface area (Å²) in [5.41, 5.74) is -0.361. The van der Waals surface area contributed by atoms with Crippen LogP contribution in [0.5, 0.6) is 5.75 Å². The SMILES string of the molecule is O=S(=O)(O)c1ccc2cccc(N=Nc3c(S(=O)(=O)O)c(N=Nc4ccccc4)c4ccccc4c3O)c2c1. The Morgan fingerprint density at radius 3 is 1.92 bits per heavy atom. The maximum atomic E-state index is 12.6. The Hall–Kier alpha value is -4.56. The van der Waals surface area contributed by atoms with Gasteiger partial charge in [0.05, 0.1) is 16.3 Å². The number of hydrogen-bond acceptors (Lipinski definition) is 9. The molecule has 0 unspecified atom stereocenters. The van der Waals surface area contributed by atoms with E-state index in [2.05, 4.69) is 20.5 Å². The number of nitrogens with zero attached hydrogens (tertiary/aromatic N) is 4. The number of phenols is 1. The Kier molecular flexibility index (Phi) is 6.66. The van der Waals surface area contributed by atoms with Crippen molar-refractivity contribution in [3.8, 4) is 5.75 Å². The molecule has 0 saturated heterocycles. The molecule has 0 aliphatic rings. The van der Waals surface area contributed by atoms with Crippen LogP contribution >= 0.6 is 0 Å². The minimum absolute atomic E-state index is 0.0966. The Morgan fingerprint density at radius 1 is 0.564 bits per heavy atom. The van der Waals surface area contributed by atoms with Crippen molar-refractivity contribution in [1.82, 2.24) is 0 Å². The monoisotopic (exact) mass is 562 g/mol. The summed E-state index contributed by atoms with van der Waals surface area (Å²) < 4.78 is 68.1. The van der Waals surface area contributed by atoms with Crippen molar-refractivity contribution in [1.29, 1.82) is 0 Å². The maximum absolute atomic E-state index is 12.6. The van der Waals surface area contributed by atoms with E-state index >= 15 is 0 Å². The second kappa shape index (κ2) is 9.96. The molecule has 0 aromatic heterocycles. The molecule has 196 valence electrons. The maximum Gasteiger partial charge on any atom is 0.299 e. The van der Waals surface area contributed by atoms with Crippen LogP contribution in [0.25, 0.3) is 21.5 Å². The first-order valence-corrected chi connectivity index (χ1v) is 14.1. The van der Waals surface area contributed by atoms with Crippen LogP contribution in [0.15, 0.2) is 121 Å². The molecule has 0 bridgehead atoms. The number of aromatic hydroxyl groups is 1. The van der Waals surface area contributed by atoms with Crippen LogP contribution < -0.4 is 0 Å². The smallest absolute Gasteiger partial charge is 0.299 e. The summed E-state index contributed by atoms with van der Waals surface area (Å²) in [7, 11) is -9.55. The van der Waals surface area contributed by atoms with Crippen molar-refractivity contribution < 1.29 is 31.0 Å². The van der Waals surface area contributed by atoms with E-state index in [1.807, 2.05) is 0 Å². The molecule has 5 rings (SSSR count). The molecule has 0 atom stereocenters. The minimum Gasteiger partial charge on any atom is -0.505 e. The van der Waals surface area contributed by atoms with Crippen molar-refractivity contribution in [2.24, 2.45) is 20.5 Å². The molecular formula is C26H18N4O7S2. The summed E-state index contributed by atoms with van der Waals surface area (Å²) >= 11 is 0. The van der Waals surface area contributed by atoms with Crippen molar-refractivity contribution in [2.75, 3.05) is 0 Å². The van der Waals surface area contributed by atoms with Crippen molar-refractivity contribution in [3.05, 3.63) is 91.0 Å². The zero-order valence-electron chi connectivity index (χ0n) is 19.7. The van der Waals surface area contributed by atoms with Crippen molar-refractivity contribution >= 4 is 64.5 Å². The van der Waals surface area contributed by atoms with Crippen LogP contribution in [0.4, 0.5) is 22.7 Å². The lowest BCUT2D eigenvalue weighted by atomic mass is 10.1. The van der Waals surface area contributed by atoms with Gasteiger partial charge >= 0.3 is 0 Å². The number of phenolic OH excluding ortho intramolecular Hbond substituents is 1. The number of fused-ring (bicyclic) bond motifs is 2. The predicted octanol–water partition coefficient (Wildman–Crippen LogP) is 7.02. The molecule has 0 fully saturated rings. The molecule has 0 saturated carbocycles. The molecule has 0 radical (unpaired) electrons. The molecule has 0 aliphatic heterocycles. The van der Waals surface area contributed by atoms with E-state index in [4.69, 9.17) is 0 Å². The fraction of sp³-hybridized carbons (Fsp3) is 0. The van der Waals surface area contributed by atoms with Crippen molar-refractivity contribution in [3.63, 3.8) is 0 Å². The summed E-state index contributed by atoms with van der Waals surface area (Å²) in [6.45, 7) is 0. The number of azo groups is 2. The van der Waals surface area contributed by atoms with E-state index < -0.39 is 36.6 Å². The lowest BCUT2D eigenvalue weighted by molar-refractivity contribution is 0.472. The van der Waals surface area contributed by atoms with E-state index in [0.29, 0.717) is 11.1 Å². The van der Waals surface area contributed by atoms with Crippen LogP contribution in [0.3, 0.4) is 0 Å². The van der Waals surface area contributed by atoms with Gasteiger partial charge in [0.2, 0.25) is 0 Å². The number of rotatable bonds is 6. The molecule has 3 N–H and O–H groups in total. The van der Waals surface area contributed by atoms with Gasteiger partial charge in [-0.3, -0.25) is 9.11 Å². The lowest BCUT2D eigenvalue weighted by Crippen LogP contribution is -2.00. The summed E-state index contributed by atoms with van der Waals surface area (Å²) in [6.07, 6.45) is 0. The lowest BCUT2D eigenvalue weighted by Gasteiger charge is -2.12. The molecule has 13 heteroatoms. The molecule has 5 aromatic carbocycles. The predicted molar refractivity (Wildman–Crippen MR) is 144 cm³/mol. The van der Waals surface area contributed by atoms with Gasteiger partial charge in [-0.15, -0.1) is 15.3 Å². The third-order valence-electron chi connectivity index (χ3n) is 5.76. The van der Waals surface area contributed by atoms with Crippen LogP contribution in [-0.4, -0.2) is 31.0 Å². The molecule has 0 heterocycles. The highest BCUT2D eigenvalue weighted by Crippen LogP contribution is 2.48. The van der Waals surface area contributed by atoms with Crippen LogP contribution in [0.1, 0.15) is 0 Å². The Morgan fingerprint density at radius 2 is 1.23 bits per heavy atom. The fourth-order valence-electron chi connectivity index (χ4n) is 3.99. The third-order valence-corrected chi connectivity index (χ3v) is 7.51. The number of hydrogen-bond donors (Lipinski definition) is 3. The van der Waals surface area contributed by atoms with Gasteiger partial charge in [0, 0.05) is 16.2 Å². The average molecular weight is 563 g/mol. The topological polar surface area (TPSA) is 178 Å². The largest absolute Gasteiger partial charge is 0.505 e. The van der Waals surface area contributed by atoms with Crippen LogP contribution in [0, 0.1) is 0 Å². The highest BCUT2D eigenvalue weighted by Gasteiger charge is 2.28. The van der Waals surface area contributed by atoms with E-state index in [9.17, 15) is 31.0 Å². The van der Waals surface area contributed by atoms with Crippen LogP contribution in [0.2, 0.25) is 0 Å². The van der Waals surface area contributed by atoms with Crippen molar-refractivity contribution in [2.45, 2.75) is 9.79 Å². The second-order valence-electron chi connectivity index (χ2n) is 8.27. The Labute approximate surface area is 222 Å². The molecule has 0 amide bonds. The third kappa shape index (κ3) is 5.24. The highest BCUT2D eigenvalue weighted by atomic mass is 32.2. The first kappa shape index (κ1) is 26.1. The summed E-state index contributed by atoms with van der Waals surface area (Å²) in [4.78, 5) is -1.20. The molecule has 5 aromatic rings. The van der Waals surface area contributed by atoms with Gasteiger partial charge < -0.3 is 5.11 Å². The van der Waals surface area contributed by atoms with E-state index in [-0.39, 0.29) is 32.4 Å². The number of benzene rings is 5. The van der Waals surface area contributed by atoms with Gasteiger partial charge in [-0.25, -0.2) is 0 Å². The molecule has 0 spiro atoms. The molecule has 11 nitrogen and oxygen atoms in total. The quantitative estimate of drug-likeness (QED) is 0.147. The van der Waals surface area contributed by atoms with Gasteiger partial charge in [0.25, 0.3) is 20.2 Å². The second-order valence-corrected chi connectivity index (χ2v) is 11.0. The zero-order valence-corrected chi connectivity index (χ0v) is 21.4. The van der Waals surface area contributed by atoms with Gasteiger partial charge in [-0.05, 0) is 35.7 Å². The Bertz CT molecular complexity index is 2030. The Balaban J connectivity index is 1.77. The van der Waals surface area contributed by atoms with E-state index in [0.717, 1.165) is 0 Å². The van der Waals surface area contributed by atoms with Gasteiger partial charge in [-0.1, -0.05) is 60.7 Å². The average Bonchev–Trinajstić information content (AvgIpc) is 2.91. The van der Waals surface area contributed by atoms with Gasteiger partial charge in [0.15, 0.2) is 16.3 Å². The summed E-state index contributed by atoms with van der Waals surface area (Å²) in [5, 5.41) is 28.4. The zero-order chi connectivity index (χ0) is 27.8. The normalized spacial score (nSPS) is 12.7. The molecule has 39 heavy (non-hydrogen) atoms. The summed E-state index contributed by atoms with van der Waals surface area (Å²) in [6, 6.07) is 23.3. The first-order chi connectivity index (χ1) is 18.5. The highest BCUT2D eigenvalue weighted by molar-refractivity contribution is 7.86. The standard InChI is InChI=1S/C26H18N4O7S2/c31-25-20-11-5-4-10-19(20)23(29-27-17-8-2-1-3-9-17)26(39(35,36)37)24(25)30-28-22-12-6-7-16-13-14-18(15-21(16)22)38(32,33)34/h1-15,31H,(H,32,33,34)(H,35,36,37). The van der Waals surface area contributed by atoms with Gasteiger partial charge in [0.1, 0.15) is 5.69 Å². The van der Waals surface area contributed by atoms with Crippen LogP contribution in [-0.2, 0) is 20.2 Å². The van der Waals surface area contributed by atoms with Gasteiger partial charge in [-0.2, -0.15) is 21.9 Å². The minimum atomic E-state index is -5.04. The fourth-order valence-corrected chi connectivity index (χ4v) is 5.27. The van der Waals surface area contributed by atoms with E-state index in [1.165, 1.54) is 36.4 Å². The van der Waals surface area contributed by atoms with E-state index in [1.54, 1.807) is 54.6 Å².